The van der Waals surface area contributed by atoms with Crippen LogP contribution in [-0.4, -0.2) is 13.2 Å². The second kappa shape index (κ2) is 5.17. The molecule has 0 aromatic carbocycles. The predicted molar refractivity (Wildman–Crippen MR) is 69.3 cm³/mol. The number of halogens is 2. The molecule has 2 heterocycles. The summed E-state index contributed by atoms with van der Waals surface area (Å²) in [5.41, 5.74) is 1.18. The molecule has 0 saturated carbocycles. The third-order valence-electron chi connectivity index (χ3n) is 2.76. The minimum absolute atomic E-state index is 0.397. The third kappa shape index (κ3) is 2.76. The molecule has 0 aliphatic carbocycles. The highest BCUT2D eigenvalue weighted by molar-refractivity contribution is 9.09. The van der Waals surface area contributed by atoms with Crippen LogP contribution in [0.15, 0.2) is 6.07 Å². The van der Waals surface area contributed by atoms with Gasteiger partial charge in [-0.1, -0.05) is 27.5 Å². The normalized spacial score (nSPS) is 24.1. The van der Waals surface area contributed by atoms with Gasteiger partial charge < -0.3 is 4.74 Å². The smallest absolute Gasteiger partial charge is 0.0960 e. The Morgan fingerprint density at radius 1 is 1.67 bits per heavy atom. The fraction of sp³-hybridized carbons (Fsp3) is 0.636. The van der Waals surface area contributed by atoms with Gasteiger partial charge in [0.25, 0.3) is 0 Å². The Labute approximate surface area is 108 Å². The first-order valence-electron chi connectivity index (χ1n) is 5.16. The molecule has 2 rings (SSSR count). The van der Waals surface area contributed by atoms with E-state index in [1.165, 1.54) is 23.3 Å². The number of alkyl halides is 1. The first kappa shape index (κ1) is 11.9. The van der Waals surface area contributed by atoms with Gasteiger partial charge in [0.2, 0.25) is 0 Å². The van der Waals surface area contributed by atoms with Crippen molar-refractivity contribution in [1.29, 1.82) is 0 Å². The summed E-state index contributed by atoms with van der Waals surface area (Å²) in [5, 5.41) is 0. The van der Waals surface area contributed by atoms with Crippen LogP contribution in [0.3, 0.4) is 0 Å². The van der Waals surface area contributed by atoms with E-state index in [4.69, 9.17) is 16.3 Å². The summed E-state index contributed by atoms with van der Waals surface area (Å²) < 4.78 is 6.41. The maximum atomic E-state index is 6.08. The highest BCUT2D eigenvalue weighted by Gasteiger charge is 2.25. The monoisotopic (exact) mass is 308 g/mol. The molecule has 1 saturated heterocycles. The molecule has 4 heteroatoms. The van der Waals surface area contributed by atoms with Gasteiger partial charge in [-0.3, -0.25) is 0 Å². The van der Waals surface area contributed by atoms with Gasteiger partial charge >= 0.3 is 0 Å². The minimum Gasteiger partial charge on any atom is -0.381 e. The Bertz CT molecular complexity index is 314. The maximum Gasteiger partial charge on any atom is 0.0960 e. The fourth-order valence-electron chi connectivity index (χ4n) is 1.85. The maximum absolute atomic E-state index is 6.08. The Balaban J connectivity index is 2.08. The van der Waals surface area contributed by atoms with E-state index in [0.717, 1.165) is 17.6 Å². The Morgan fingerprint density at radius 3 is 3.00 bits per heavy atom. The van der Waals surface area contributed by atoms with E-state index in [9.17, 15) is 0 Å². The average Bonchev–Trinajstić information content (AvgIpc) is 2.59. The van der Waals surface area contributed by atoms with Crippen molar-refractivity contribution in [3.05, 3.63) is 20.8 Å². The van der Waals surface area contributed by atoms with E-state index in [0.29, 0.717) is 10.7 Å². The Morgan fingerprint density at radius 2 is 2.47 bits per heavy atom. The van der Waals surface area contributed by atoms with Crippen molar-refractivity contribution in [3.63, 3.8) is 0 Å². The van der Waals surface area contributed by atoms with Crippen LogP contribution < -0.4 is 0 Å². The molecule has 2 unspecified atom stereocenters. The van der Waals surface area contributed by atoms with Crippen LogP contribution in [0.1, 0.15) is 28.1 Å². The van der Waals surface area contributed by atoms with Crippen molar-refractivity contribution in [3.8, 4) is 0 Å². The van der Waals surface area contributed by atoms with Crippen molar-refractivity contribution in [2.24, 2.45) is 5.92 Å². The predicted octanol–water partition coefficient (Wildman–Crippen LogP) is 4.57. The second-order valence-corrected chi connectivity index (χ2v) is 6.66. The van der Waals surface area contributed by atoms with E-state index in [1.54, 1.807) is 11.3 Å². The summed E-state index contributed by atoms with van der Waals surface area (Å²) in [6, 6.07) is 2.18. The molecule has 0 amide bonds. The highest BCUT2D eigenvalue weighted by atomic mass is 79.9. The minimum atomic E-state index is 0.397. The molecule has 0 N–H and O–H groups in total. The Hall–Kier alpha value is 0.430. The van der Waals surface area contributed by atoms with Crippen LogP contribution in [0.2, 0.25) is 4.34 Å². The molecule has 84 valence electrons. The molecule has 1 aromatic heterocycles. The van der Waals surface area contributed by atoms with Crippen LogP contribution in [0.5, 0.6) is 0 Å². The van der Waals surface area contributed by atoms with Gasteiger partial charge in [-0.15, -0.1) is 11.3 Å². The van der Waals surface area contributed by atoms with E-state index in [-0.39, 0.29) is 0 Å². The summed E-state index contributed by atoms with van der Waals surface area (Å²) in [4.78, 5) is 1.72. The molecule has 0 spiro atoms. The van der Waals surface area contributed by atoms with E-state index < -0.39 is 0 Å². The summed E-state index contributed by atoms with van der Waals surface area (Å²) in [7, 11) is 0. The van der Waals surface area contributed by atoms with E-state index in [2.05, 4.69) is 28.9 Å². The number of hydrogen-bond donors (Lipinski definition) is 0. The van der Waals surface area contributed by atoms with Gasteiger partial charge in [0.05, 0.1) is 15.8 Å². The largest absolute Gasteiger partial charge is 0.381 e. The number of thiophene rings is 1. The lowest BCUT2D eigenvalue weighted by Crippen LogP contribution is -2.20. The van der Waals surface area contributed by atoms with Crippen LogP contribution in [-0.2, 0) is 4.74 Å². The average molecular weight is 310 g/mol. The summed E-state index contributed by atoms with van der Waals surface area (Å²) in [5.74, 6) is 0.591. The fourth-order valence-corrected chi connectivity index (χ4v) is 3.97. The molecule has 2 atom stereocenters. The van der Waals surface area contributed by atoms with Gasteiger partial charge in [0.1, 0.15) is 0 Å². The van der Waals surface area contributed by atoms with Gasteiger partial charge in [0, 0.05) is 11.5 Å². The van der Waals surface area contributed by atoms with Crippen molar-refractivity contribution in [2.75, 3.05) is 13.2 Å². The molecule has 1 aliphatic heterocycles. The summed E-state index contributed by atoms with van der Waals surface area (Å²) >= 11 is 11.5. The molecule has 1 fully saturated rings. The summed E-state index contributed by atoms with van der Waals surface area (Å²) in [6.45, 7) is 3.84. The highest BCUT2D eigenvalue weighted by Crippen LogP contribution is 2.41. The lowest BCUT2D eigenvalue weighted by molar-refractivity contribution is 0.0549. The van der Waals surface area contributed by atoms with E-state index >= 15 is 0 Å². The molecular formula is C11H14BrClOS. The molecule has 0 bridgehead atoms. The SMILES string of the molecule is Cc1cc(C(Br)C2CCCOC2)sc1Cl. The Kier molecular flexibility index (Phi) is 4.10. The zero-order valence-electron chi connectivity index (χ0n) is 8.63. The quantitative estimate of drug-likeness (QED) is 0.727. The lowest BCUT2D eigenvalue weighted by Gasteiger charge is -2.25. The second-order valence-electron chi connectivity index (χ2n) is 3.98. The molecule has 1 aromatic rings. The molecule has 15 heavy (non-hydrogen) atoms. The van der Waals surface area contributed by atoms with Crippen LogP contribution in [0.4, 0.5) is 0 Å². The molecule has 1 nitrogen and oxygen atoms in total. The van der Waals surface area contributed by atoms with Gasteiger partial charge in [0.15, 0.2) is 0 Å². The van der Waals surface area contributed by atoms with Crippen LogP contribution in [0, 0.1) is 12.8 Å². The number of ether oxygens (including phenoxy) is 1. The first-order valence-corrected chi connectivity index (χ1v) is 7.27. The van der Waals surface area contributed by atoms with Crippen molar-refractivity contribution in [2.45, 2.75) is 24.6 Å². The van der Waals surface area contributed by atoms with Crippen molar-refractivity contribution >= 4 is 38.9 Å². The van der Waals surface area contributed by atoms with Gasteiger partial charge in [-0.2, -0.15) is 0 Å². The van der Waals surface area contributed by atoms with E-state index in [1.807, 2.05) is 0 Å². The number of hydrogen-bond acceptors (Lipinski definition) is 2. The summed E-state index contributed by atoms with van der Waals surface area (Å²) in [6.07, 6.45) is 2.41. The first-order chi connectivity index (χ1) is 7.18. The zero-order valence-corrected chi connectivity index (χ0v) is 11.8. The zero-order chi connectivity index (χ0) is 10.8. The topological polar surface area (TPSA) is 9.23 Å². The number of aryl methyl sites for hydroxylation is 1. The molecular weight excluding hydrogens is 296 g/mol. The third-order valence-corrected chi connectivity index (χ3v) is 5.94. The lowest BCUT2D eigenvalue weighted by atomic mass is 9.97. The standard InChI is InChI=1S/C11H14BrClOS/c1-7-5-9(15-11(7)13)10(12)8-3-2-4-14-6-8/h5,8,10H,2-4,6H2,1H3. The molecule has 1 aliphatic rings. The van der Waals surface area contributed by atoms with Crippen molar-refractivity contribution < 1.29 is 4.74 Å². The number of rotatable bonds is 2. The van der Waals surface area contributed by atoms with Crippen LogP contribution in [0.25, 0.3) is 0 Å². The van der Waals surface area contributed by atoms with Gasteiger partial charge in [-0.25, -0.2) is 0 Å². The van der Waals surface area contributed by atoms with Crippen molar-refractivity contribution in [1.82, 2.24) is 0 Å². The van der Waals surface area contributed by atoms with Gasteiger partial charge in [-0.05, 0) is 37.3 Å². The molecule has 0 radical (unpaired) electrons. The van der Waals surface area contributed by atoms with Crippen LogP contribution >= 0.6 is 38.9 Å².